The molecule has 1 atom stereocenters. The summed E-state index contributed by atoms with van der Waals surface area (Å²) in [5.74, 6) is 0. The molecule has 2 aromatic carbocycles. The minimum Gasteiger partial charge on any atom is -1.00 e. The number of non-ortho nitro benzene ring substituents is 1. The Labute approximate surface area is 137 Å². The molecule has 0 radical (unpaired) electrons. The van der Waals surface area contributed by atoms with Crippen molar-refractivity contribution in [3.05, 3.63) is 62.7 Å². The molecule has 0 saturated heterocycles. The fourth-order valence-electron chi connectivity index (χ4n) is 2.74. The van der Waals surface area contributed by atoms with E-state index in [1.54, 1.807) is 0 Å². The predicted octanol–water partition coefficient (Wildman–Crippen LogP) is -1.24. The highest BCUT2D eigenvalue weighted by Crippen LogP contribution is 2.32. The number of rotatable bonds is 3. The van der Waals surface area contributed by atoms with E-state index in [0.717, 1.165) is 22.3 Å². The average Bonchev–Trinajstić information content (AvgIpc) is 2.84. The zero-order chi connectivity index (χ0) is 15.9. The standard InChI is InChI=1S/C14H12N4O4.ClH/c1-15-9-16(12-5-3-2-4-11(12)15)13-7-6-10(17(19)20)8-14(13)18(21)22;/h2-8H,9H2,1H3;1H. The third-order valence-electron chi connectivity index (χ3n) is 3.75. The second-order valence-corrected chi connectivity index (χ2v) is 5.07. The van der Waals surface area contributed by atoms with Gasteiger partial charge in [0.1, 0.15) is 11.8 Å². The highest BCUT2D eigenvalue weighted by atomic mass is 35.5. The van der Waals surface area contributed by atoms with Crippen LogP contribution in [0.25, 0.3) is 0 Å². The number of nitrogens with zero attached hydrogens (tertiary/aromatic N) is 3. The van der Waals surface area contributed by atoms with E-state index < -0.39 is 9.85 Å². The quantitative estimate of drug-likeness (QED) is 0.559. The zero-order valence-electron chi connectivity index (χ0n) is 12.1. The summed E-state index contributed by atoms with van der Waals surface area (Å²) in [6.07, 6.45) is 0. The van der Waals surface area contributed by atoms with Crippen molar-refractivity contribution >= 4 is 28.4 Å². The van der Waals surface area contributed by atoms with Crippen molar-refractivity contribution in [2.24, 2.45) is 0 Å². The van der Waals surface area contributed by atoms with Crippen molar-refractivity contribution in [3.63, 3.8) is 0 Å². The van der Waals surface area contributed by atoms with E-state index in [2.05, 4.69) is 0 Å². The number of hydrogen-bond acceptors (Lipinski definition) is 5. The Balaban J connectivity index is 0.00000192. The van der Waals surface area contributed by atoms with Crippen LogP contribution in [0.4, 0.5) is 28.4 Å². The average molecular weight is 337 g/mol. The summed E-state index contributed by atoms with van der Waals surface area (Å²) in [7, 11) is 1.91. The molecule has 0 aliphatic carbocycles. The van der Waals surface area contributed by atoms with Gasteiger partial charge in [-0.3, -0.25) is 20.2 Å². The Morgan fingerprint density at radius 1 is 1.04 bits per heavy atom. The normalized spacial score (nSPS) is 15.7. The van der Waals surface area contributed by atoms with Crippen LogP contribution in [0, 0.1) is 20.2 Å². The van der Waals surface area contributed by atoms with Crippen molar-refractivity contribution in [2.75, 3.05) is 18.6 Å². The third-order valence-corrected chi connectivity index (χ3v) is 3.75. The van der Waals surface area contributed by atoms with Crippen LogP contribution in [0.3, 0.4) is 0 Å². The van der Waals surface area contributed by atoms with Gasteiger partial charge in [-0.05, 0) is 6.07 Å². The van der Waals surface area contributed by atoms with Crippen LogP contribution in [0.15, 0.2) is 42.5 Å². The van der Waals surface area contributed by atoms with Crippen LogP contribution >= 0.6 is 0 Å². The smallest absolute Gasteiger partial charge is 0.336 e. The molecule has 1 heterocycles. The van der Waals surface area contributed by atoms with Crippen molar-refractivity contribution < 1.29 is 27.2 Å². The number of fused-ring (bicyclic) bond motifs is 1. The van der Waals surface area contributed by atoms with Gasteiger partial charge in [0, 0.05) is 25.2 Å². The number of nitrogens with one attached hydrogen (secondary N) is 1. The molecule has 1 N–H and O–H groups in total. The molecule has 3 rings (SSSR count). The van der Waals surface area contributed by atoms with Crippen molar-refractivity contribution in [1.29, 1.82) is 0 Å². The monoisotopic (exact) mass is 336 g/mol. The molecule has 0 spiro atoms. The fraction of sp³-hybridized carbons (Fsp3) is 0.143. The Kier molecular flexibility index (Phi) is 4.48. The Hall–Kier alpha value is -2.71. The lowest BCUT2D eigenvalue weighted by molar-refractivity contribution is -0.754. The molecule has 23 heavy (non-hydrogen) atoms. The molecule has 8 nitrogen and oxygen atoms in total. The number of nitro benzene ring substituents is 2. The Morgan fingerprint density at radius 3 is 2.39 bits per heavy atom. The maximum Gasteiger partial charge on any atom is 0.336 e. The summed E-state index contributed by atoms with van der Waals surface area (Å²) in [6, 6.07) is 11.4. The molecule has 0 saturated carbocycles. The number of para-hydroxylation sites is 2. The van der Waals surface area contributed by atoms with Gasteiger partial charge in [-0.2, -0.15) is 0 Å². The predicted molar refractivity (Wildman–Crippen MR) is 79.7 cm³/mol. The van der Waals surface area contributed by atoms with Gasteiger partial charge in [-0.15, -0.1) is 0 Å². The van der Waals surface area contributed by atoms with Crippen LogP contribution in [0.2, 0.25) is 0 Å². The molecule has 1 aliphatic heterocycles. The zero-order valence-corrected chi connectivity index (χ0v) is 12.9. The van der Waals surface area contributed by atoms with Gasteiger partial charge < -0.3 is 17.3 Å². The van der Waals surface area contributed by atoms with Gasteiger partial charge in [0.2, 0.25) is 5.69 Å². The first kappa shape index (κ1) is 16.7. The maximum absolute atomic E-state index is 11.3. The second kappa shape index (κ2) is 6.19. The first-order valence-corrected chi connectivity index (χ1v) is 6.58. The number of hydrogen-bond donors (Lipinski definition) is 1. The van der Waals surface area contributed by atoms with E-state index >= 15 is 0 Å². The van der Waals surface area contributed by atoms with E-state index in [4.69, 9.17) is 0 Å². The van der Waals surface area contributed by atoms with Crippen molar-refractivity contribution in [2.45, 2.75) is 0 Å². The lowest BCUT2D eigenvalue weighted by Crippen LogP contribution is -3.01. The summed E-state index contributed by atoms with van der Waals surface area (Å²) in [6.45, 7) is 0.526. The molecular weight excluding hydrogens is 324 g/mol. The largest absolute Gasteiger partial charge is 1.00 e. The minimum absolute atomic E-state index is 0. The van der Waals surface area contributed by atoms with Crippen LogP contribution in [-0.2, 0) is 0 Å². The summed E-state index contributed by atoms with van der Waals surface area (Å²) >= 11 is 0. The number of benzene rings is 2. The van der Waals surface area contributed by atoms with Gasteiger partial charge >= 0.3 is 5.69 Å². The number of quaternary nitrogens is 1. The summed E-state index contributed by atoms with van der Waals surface area (Å²) in [4.78, 5) is 23.7. The maximum atomic E-state index is 11.3. The molecular formula is C14H13ClN4O4. The van der Waals surface area contributed by atoms with E-state index in [1.807, 2.05) is 36.2 Å². The summed E-state index contributed by atoms with van der Waals surface area (Å²) < 4.78 is 0. The van der Waals surface area contributed by atoms with Gasteiger partial charge in [-0.25, -0.2) is 4.90 Å². The van der Waals surface area contributed by atoms with Gasteiger partial charge in [0.15, 0.2) is 12.4 Å². The first-order valence-electron chi connectivity index (χ1n) is 6.58. The van der Waals surface area contributed by atoms with Crippen LogP contribution in [0.1, 0.15) is 0 Å². The molecule has 120 valence electrons. The van der Waals surface area contributed by atoms with Crippen LogP contribution in [0.5, 0.6) is 0 Å². The number of halogens is 1. The molecule has 0 amide bonds. The highest BCUT2D eigenvalue weighted by molar-refractivity contribution is 5.68. The van der Waals surface area contributed by atoms with Crippen LogP contribution < -0.4 is 22.2 Å². The minimum atomic E-state index is -0.629. The Bertz CT molecular complexity index is 783. The first-order chi connectivity index (χ1) is 10.5. The second-order valence-electron chi connectivity index (χ2n) is 5.07. The van der Waals surface area contributed by atoms with Gasteiger partial charge in [-0.1, -0.05) is 12.1 Å². The lowest BCUT2D eigenvalue weighted by Gasteiger charge is -2.13. The molecule has 0 fully saturated rings. The molecule has 1 unspecified atom stereocenters. The van der Waals surface area contributed by atoms with Crippen LogP contribution in [-0.4, -0.2) is 23.6 Å². The van der Waals surface area contributed by atoms with Gasteiger partial charge in [0.05, 0.1) is 9.85 Å². The Morgan fingerprint density at radius 2 is 1.74 bits per heavy atom. The van der Waals surface area contributed by atoms with Crippen molar-refractivity contribution in [1.82, 2.24) is 0 Å². The molecule has 9 heteroatoms. The van der Waals surface area contributed by atoms with Crippen molar-refractivity contribution in [3.8, 4) is 0 Å². The molecule has 0 aromatic heterocycles. The third kappa shape index (κ3) is 2.81. The lowest BCUT2D eigenvalue weighted by atomic mass is 10.2. The molecule has 0 bridgehead atoms. The fourth-order valence-corrected chi connectivity index (χ4v) is 2.74. The summed E-state index contributed by atoms with van der Waals surface area (Å²) in [5, 5.41) is 22.1. The topological polar surface area (TPSA) is 94.0 Å². The number of anilines is 1. The SMILES string of the molecule is CN1C[NH+](c2ccc([N+](=O)[O-])cc2[N+](=O)[O-])c2ccccc21.[Cl-]. The van der Waals surface area contributed by atoms with Gasteiger partial charge in [0.25, 0.3) is 5.69 Å². The summed E-state index contributed by atoms with van der Waals surface area (Å²) in [5.41, 5.74) is 1.81. The van der Waals surface area contributed by atoms with E-state index in [-0.39, 0.29) is 23.8 Å². The molecule has 1 aliphatic rings. The molecule has 2 aromatic rings. The highest BCUT2D eigenvalue weighted by Gasteiger charge is 2.35. The number of nitro groups is 2. The van der Waals surface area contributed by atoms with E-state index in [9.17, 15) is 20.2 Å². The van der Waals surface area contributed by atoms with E-state index in [1.165, 1.54) is 12.1 Å². The van der Waals surface area contributed by atoms with E-state index in [0.29, 0.717) is 12.4 Å².